The fourth-order valence-electron chi connectivity index (χ4n) is 3.13. The van der Waals surface area contributed by atoms with Crippen LogP contribution in [0.4, 0.5) is 4.39 Å². The summed E-state index contributed by atoms with van der Waals surface area (Å²) in [6.07, 6.45) is 1.48. The summed E-state index contributed by atoms with van der Waals surface area (Å²) in [7, 11) is 0. The molecule has 0 amide bonds. The summed E-state index contributed by atoms with van der Waals surface area (Å²) < 4.78 is 24.7. The number of hydrogen-bond donors (Lipinski definition) is 1. The minimum absolute atomic E-state index is 0.254. The van der Waals surface area contributed by atoms with Crippen LogP contribution in [0.15, 0.2) is 60.8 Å². The summed E-state index contributed by atoms with van der Waals surface area (Å²) in [6.45, 7) is 4.88. The number of aryl methyl sites for hydroxylation is 1. The molecule has 2 heterocycles. The molecule has 0 radical (unpaired) electrons. The zero-order chi connectivity index (χ0) is 20.2. The summed E-state index contributed by atoms with van der Waals surface area (Å²) in [4.78, 5) is 12.3. The van der Waals surface area contributed by atoms with Crippen molar-refractivity contribution in [1.82, 2.24) is 15.0 Å². The van der Waals surface area contributed by atoms with Crippen LogP contribution in [0.3, 0.4) is 0 Å². The predicted octanol–water partition coefficient (Wildman–Crippen LogP) is 5.11. The third kappa shape index (κ3) is 4.43. The number of aromatic amines is 1. The summed E-state index contributed by atoms with van der Waals surface area (Å²) in [5, 5.41) is 0. The Morgan fingerprint density at radius 1 is 1.07 bits per heavy atom. The van der Waals surface area contributed by atoms with Gasteiger partial charge in [-0.3, -0.25) is 0 Å². The molecule has 148 valence electrons. The molecule has 0 fully saturated rings. The number of pyridine rings is 1. The minimum atomic E-state index is -0.319. The molecule has 2 aromatic heterocycles. The van der Waals surface area contributed by atoms with Crippen molar-refractivity contribution in [2.45, 2.75) is 26.6 Å². The minimum Gasteiger partial charge on any atom is -0.489 e. The van der Waals surface area contributed by atoms with Crippen molar-refractivity contribution in [2.75, 3.05) is 6.61 Å². The second-order valence-electron chi connectivity index (χ2n) is 6.83. The Morgan fingerprint density at radius 3 is 2.55 bits per heavy atom. The molecule has 4 rings (SSSR count). The van der Waals surface area contributed by atoms with E-state index in [0.717, 1.165) is 33.8 Å². The van der Waals surface area contributed by atoms with E-state index < -0.39 is 0 Å². The van der Waals surface area contributed by atoms with Gasteiger partial charge in [0.15, 0.2) is 5.65 Å². The van der Waals surface area contributed by atoms with Crippen LogP contribution < -0.4 is 4.74 Å². The Labute approximate surface area is 168 Å². The van der Waals surface area contributed by atoms with Gasteiger partial charge in [-0.1, -0.05) is 24.3 Å². The first kappa shape index (κ1) is 19.1. The number of rotatable bonds is 7. The van der Waals surface area contributed by atoms with Crippen LogP contribution in [0.5, 0.6) is 5.75 Å². The maximum Gasteiger partial charge on any atom is 0.177 e. The van der Waals surface area contributed by atoms with E-state index in [1.54, 1.807) is 18.3 Å². The molecule has 29 heavy (non-hydrogen) atoms. The third-order valence-electron chi connectivity index (χ3n) is 4.58. The van der Waals surface area contributed by atoms with E-state index in [0.29, 0.717) is 18.9 Å². The number of ether oxygens (including phenoxy) is 2. The lowest BCUT2D eigenvalue weighted by Gasteiger charge is -2.16. The van der Waals surface area contributed by atoms with Crippen LogP contribution in [0.2, 0.25) is 0 Å². The van der Waals surface area contributed by atoms with Crippen LogP contribution >= 0.6 is 0 Å². The lowest BCUT2D eigenvalue weighted by atomic mass is 10.1. The molecule has 1 N–H and O–H groups in total. The number of aromatic nitrogens is 3. The van der Waals surface area contributed by atoms with Crippen molar-refractivity contribution in [2.24, 2.45) is 0 Å². The van der Waals surface area contributed by atoms with Crippen LogP contribution in [0.1, 0.15) is 35.5 Å². The van der Waals surface area contributed by atoms with Crippen molar-refractivity contribution >= 4 is 11.2 Å². The lowest BCUT2D eigenvalue weighted by Crippen LogP contribution is -2.08. The van der Waals surface area contributed by atoms with Gasteiger partial charge in [-0.15, -0.1) is 0 Å². The van der Waals surface area contributed by atoms with Gasteiger partial charge in [0, 0.05) is 12.8 Å². The summed E-state index contributed by atoms with van der Waals surface area (Å²) in [6, 6.07) is 16.0. The number of H-pyrrole nitrogens is 1. The van der Waals surface area contributed by atoms with E-state index >= 15 is 0 Å². The fourth-order valence-corrected chi connectivity index (χ4v) is 3.13. The summed E-state index contributed by atoms with van der Waals surface area (Å²) >= 11 is 0. The van der Waals surface area contributed by atoms with Crippen LogP contribution in [0.25, 0.3) is 11.2 Å². The number of hydrogen-bond acceptors (Lipinski definition) is 4. The zero-order valence-corrected chi connectivity index (χ0v) is 16.4. The molecule has 0 saturated carbocycles. The van der Waals surface area contributed by atoms with Crippen LogP contribution in [0, 0.1) is 12.7 Å². The normalized spacial score (nSPS) is 12.2. The van der Waals surface area contributed by atoms with Gasteiger partial charge in [0.05, 0.1) is 5.52 Å². The number of halogens is 1. The van der Waals surface area contributed by atoms with Gasteiger partial charge in [-0.25, -0.2) is 14.4 Å². The molecule has 6 heteroatoms. The number of imidazole rings is 1. The largest absolute Gasteiger partial charge is 0.489 e. The van der Waals surface area contributed by atoms with E-state index in [4.69, 9.17) is 9.47 Å². The second kappa shape index (κ2) is 8.41. The highest BCUT2D eigenvalue weighted by atomic mass is 19.1. The molecule has 0 saturated heterocycles. The number of fused-ring (bicyclic) bond motifs is 1. The summed E-state index contributed by atoms with van der Waals surface area (Å²) in [5.74, 6) is 1.20. The average molecular weight is 391 g/mol. The number of nitrogens with one attached hydrogen (secondary N) is 1. The molecule has 2 aromatic carbocycles. The zero-order valence-electron chi connectivity index (χ0n) is 16.4. The first-order valence-electron chi connectivity index (χ1n) is 9.53. The average Bonchev–Trinajstić information content (AvgIpc) is 3.15. The van der Waals surface area contributed by atoms with E-state index in [1.807, 2.05) is 44.2 Å². The van der Waals surface area contributed by atoms with Crippen molar-refractivity contribution in [3.05, 3.63) is 89.1 Å². The molecule has 0 bridgehead atoms. The molecular weight excluding hydrogens is 369 g/mol. The maximum atomic E-state index is 13.0. The number of benzene rings is 2. The molecule has 1 atom stereocenters. The first-order valence-corrected chi connectivity index (χ1v) is 9.53. The molecule has 1 unspecified atom stereocenters. The highest BCUT2D eigenvalue weighted by Gasteiger charge is 2.19. The maximum absolute atomic E-state index is 13.0. The molecule has 4 aromatic rings. The molecule has 0 aliphatic heterocycles. The Balaban J connectivity index is 1.51. The van der Waals surface area contributed by atoms with Crippen molar-refractivity contribution in [1.29, 1.82) is 0 Å². The van der Waals surface area contributed by atoms with Crippen molar-refractivity contribution in [3.63, 3.8) is 0 Å². The smallest absolute Gasteiger partial charge is 0.177 e. The molecular formula is C23H22FN3O2. The Bertz CT molecular complexity index is 1090. The topological polar surface area (TPSA) is 60.0 Å². The highest BCUT2D eigenvalue weighted by molar-refractivity contribution is 5.71. The number of nitrogens with zero attached hydrogens (tertiary/aromatic N) is 2. The quantitative estimate of drug-likeness (QED) is 0.476. The first-order chi connectivity index (χ1) is 14.1. The predicted molar refractivity (Wildman–Crippen MR) is 109 cm³/mol. The summed E-state index contributed by atoms with van der Waals surface area (Å²) in [5.41, 5.74) is 4.52. The van der Waals surface area contributed by atoms with E-state index in [2.05, 4.69) is 15.0 Å². The van der Waals surface area contributed by atoms with E-state index in [-0.39, 0.29) is 11.9 Å². The fraction of sp³-hybridized carbons (Fsp3) is 0.217. The SMILES string of the molecule is CCOC(c1ccc(OCc2ccc(F)cc2)cc1)c1nc2ncc(C)cc2[nH]1. The van der Waals surface area contributed by atoms with E-state index in [1.165, 1.54) is 12.1 Å². The molecule has 0 spiro atoms. The van der Waals surface area contributed by atoms with Crippen molar-refractivity contribution < 1.29 is 13.9 Å². The van der Waals surface area contributed by atoms with Gasteiger partial charge in [0.25, 0.3) is 0 Å². The monoisotopic (exact) mass is 391 g/mol. The van der Waals surface area contributed by atoms with Gasteiger partial charge in [0.1, 0.15) is 30.1 Å². The van der Waals surface area contributed by atoms with Gasteiger partial charge < -0.3 is 14.5 Å². The Morgan fingerprint density at radius 2 is 1.83 bits per heavy atom. The van der Waals surface area contributed by atoms with E-state index in [9.17, 15) is 4.39 Å². The molecule has 0 aliphatic rings. The standard InChI is InChI=1S/C23H22FN3O2/c1-3-28-21(23-26-20-12-15(2)13-25-22(20)27-23)17-6-10-19(11-7-17)29-14-16-4-8-18(24)9-5-16/h4-13,21H,3,14H2,1-2H3,(H,25,26,27). The lowest BCUT2D eigenvalue weighted by molar-refractivity contribution is 0.0859. The van der Waals surface area contributed by atoms with Gasteiger partial charge in [-0.05, 0) is 60.9 Å². The second-order valence-corrected chi connectivity index (χ2v) is 6.83. The van der Waals surface area contributed by atoms with Gasteiger partial charge in [-0.2, -0.15) is 0 Å². The van der Waals surface area contributed by atoms with Crippen molar-refractivity contribution in [3.8, 4) is 5.75 Å². The van der Waals surface area contributed by atoms with Gasteiger partial charge in [0.2, 0.25) is 0 Å². The Kier molecular flexibility index (Phi) is 5.53. The third-order valence-corrected chi connectivity index (χ3v) is 4.58. The highest BCUT2D eigenvalue weighted by Crippen LogP contribution is 2.27. The van der Waals surface area contributed by atoms with Gasteiger partial charge >= 0.3 is 0 Å². The molecule has 5 nitrogen and oxygen atoms in total. The van der Waals surface area contributed by atoms with Crippen LogP contribution in [-0.2, 0) is 11.3 Å². The Hall–Kier alpha value is -3.25. The molecule has 0 aliphatic carbocycles. The van der Waals surface area contributed by atoms with Crippen LogP contribution in [-0.4, -0.2) is 21.6 Å².